The molecule has 4 rings (SSSR count). The van der Waals surface area contributed by atoms with E-state index in [4.69, 9.17) is 8.83 Å². The van der Waals surface area contributed by atoms with Gasteiger partial charge in [0.2, 0.25) is 5.89 Å². The Kier molecular flexibility index (Phi) is 4.01. The summed E-state index contributed by atoms with van der Waals surface area (Å²) < 4.78 is 11.5. The highest BCUT2D eigenvalue weighted by atomic mass is 16.4. The zero-order valence-electron chi connectivity index (χ0n) is 14.5. The van der Waals surface area contributed by atoms with Gasteiger partial charge in [-0.15, -0.1) is 0 Å². The molecule has 4 nitrogen and oxygen atoms in total. The van der Waals surface area contributed by atoms with Crippen LogP contribution in [0.3, 0.4) is 0 Å². The molecule has 0 aliphatic carbocycles. The molecule has 0 saturated heterocycles. The zero-order chi connectivity index (χ0) is 18.1. The molecule has 4 aromatic rings. The number of aromatic nitrogens is 1. The number of hydrogen-bond acceptors (Lipinski definition) is 4. The van der Waals surface area contributed by atoms with Crippen molar-refractivity contribution in [1.82, 2.24) is 4.98 Å². The van der Waals surface area contributed by atoms with Crippen LogP contribution in [0.5, 0.6) is 0 Å². The molecule has 0 N–H and O–H groups in total. The molecular weight excluding hydrogens is 326 g/mol. The molecule has 0 aliphatic rings. The van der Waals surface area contributed by atoms with E-state index in [1.165, 1.54) is 0 Å². The smallest absolute Gasteiger partial charge is 0.231 e. The number of furan rings is 1. The third kappa shape index (κ3) is 3.09. The lowest BCUT2D eigenvalue weighted by molar-refractivity contribution is 0.105. The SMILES string of the molecule is Cc1ccc(C(=O)/C(=C/c2ccc(C)o2)c2nc3ccccc3o2)cc1. The summed E-state index contributed by atoms with van der Waals surface area (Å²) in [5.74, 6) is 1.48. The Morgan fingerprint density at radius 2 is 1.69 bits per heavy atom. The van der Waals surface area contributed by atoms with Gasteiger partial charge in [0.1, 0.15) is 17.0 Å². The van der Waals surface area contributed by atoms with Crippen LogP contribution in [0.4, 0.5) is 0 Å². The lowest BCUT2D eigenvalue weighted by Gasteiger charge is -2.03. The molecular formula is C22H17NO3. The highest BCUT2D eigenvalue weighted by molar-refractivity contribution is 6.31. The Morgan fingerprint density at radius 1 is 0.923 bits per heavy atom. The Hall–Kier alpha value is -3.40. The minimum Gasteiger partial charge on any atom is -0.462 e. The minimum absolute atomic E-state index is 0.161. The summed E-state index contributed by atoms with van der Waals surface area (Å²) in [4.78, 5) is 17.6. The maximum atomic E-state index is 13.1. The number of aryl methyl sites for hydroxylation is 2. The van der Waals surface area contributed by atoms with Gasteiger partial charge in [0, 0.05) is 5.56 Å². The first-order chi connectivity index (χ1) is 12.6. The van der Waals surface area contributed by atoms with E-state index in [1.807, 2.05) is 74.5 Å². The van der Waals surface area contributed by atoms with Gasteiger partial charge in [-0.1, -0.05) is 42.0 Å². The minimum atomic E-state index is -0.161. The van der Waals surface area contributed by atoms with Gasteiger partial charge >= 0.3 is 0 Å². The van der Waals surface area contributed by atoms with Crippen LogP contribution in [0.1, 0.15) is 33.3 Å². The van der Waals surface area contributed by atoms with E-state index < -0.39 is 0 Å². The number of allylic oxidation sites excluding steroid dienone is 1. The predicted molar refractivity (Wildman–Crippen MR) is 101 cm³/mol. The molecule has 0 saturated carbocycles. The molecule has 128 valence electrons. The number of hydrogen-bond donors (Lipinski definition) is 0. The second-order valence-corrected chi connectivity index (χ2v) is 6.19. The van der Waals surface area contributed by atoms with E-state index in [2.05, 4.69) is 4.98 Å². The summed E-state index contributed by atoms with van der Waals surface area (Å²) in [5, 5.41) is 0. The second kappa shape index (κ2) is 6.48. The fourth-order valence-electron chi connectivity index (χ4n) is 2.75. The van der Waals surface area contributed by atoms with Crippen LogP contribution in [0, 0.1) is 13.8 Å². The van der Waals surface area contributed by atoms with Gasteiger partial charge in [-0.25, -0.2) is 4.98 Å². The summed E-state index contributed by atoms with van der Waals surface area (Å²) in [5.41, 5.74) is 3.38. The maximum Gasteiger partial charge on any atom is 0.231 e. The van der Waals surface area contributed by atoms with Gasteiger partial charge < -0.3 is 8.83 Å². The summed E-state index contributed by atoms with van der Waals surface area (Å²) in [7, 11) is 0. The normalized spacial score (nSPS) is 11.8. The molecule has 2 heterocycles. The van der Waals surface area contributed by atoms with Crippen molar-refractivity contribution >= 4 is 28.5 Å². The van der Waals surface area contributed by atoms with Crippen molar-refractivity contribution in [3.05, 3.63) is 89.2 Å². The Morgan fingerprint density at radius 3 is 2.38 bits per heavy atom. The van der Waals surface area contributed by atoms with E-state index in [1.54, 1.807) is 6.08 Å². The van der Waals surface area contributed by atoms with Crippen molar-refractivity contribution < 1.29 is 13.6 Å². The molecule has 0 radical (unpaired) electrons. The predicted octanol–water partition coefficient (Wildman–Crippen LogP) is 5.46. The summed E-state index contributed by atoms with van der Waals surface area (Å²) in [6, 6.07) is 18.6. The third-order valence-corrected chi connectivity index (χ3v) is 4.13. The number of carbonyl (C=O) groups is 1. The molecule has 4 heteroatoms. The van der Waals surface area contributed by atoms with E-state index >= 15 is 0 Å². The number of ketones is 1. The standard InChI is InChI=1S/C22H17NO3/c1-14-7-10-16(11-8-14)21(24)18(13-17-12-9-15(2)25-17)22-23-19-5-3-4-6-20(19)26-22/h3-13H,1-2H3/b18-13-. The highest BCUT2D eigenvalue weighted by Gasteiger charge is 2.20. The third-order valence-electron chi connectivity index (χ3n) is 4.13. The average Bonchev–Trinajstić information content (AvgIpc) is 3.25. The Balaban J connectivity index is 1.84. The average molecular weight is 343 g/mol. The van der Waals surface area contributed by atoms with Crippen LogP contribution < -0.4 is 0 Å². The highest BCUT2D eigenvalue weighted by Crippen LogP contribution is 2.26. The summed E-state index contributed by atoms with van der Waals surface area (Å²) in [6.07, 6.45) is 1.68. The van der Waals surface area contributed by atoms with Crippen LogP contribution in [-0.2, 0) is 0 Å². The molecule has 0 fully saturated rings. The number of fused-ring (bicyclic) bond motifs is 1. The van der Waals surface area contributed by atoms with Gasteiger partial charge in [-0.3, -0.25) is 4.79 Å². The van der Waals surface area contributed by atoms with E-state index in [9.17, 15) is 4.79 Å². The molecule has 2 aromatic heterocycles. The molecule has 0 atom stereocenters. The van der Waals surface area contributed by atoms with E-state index in [-0.39, 0.29) is 11.7 Å². The van der Waals surface area contributed by atoms with Crippen molar-refractivity contribution in [1.29, 1.82) is 0 Å². The molecule has 0 spiro atoms. The molecule has 0 unspecified atom stereocenters. The molecule has 26 heavy (non-hydrogen) atoms. The number of para-hydroxylation sites is 2. The van der Waals surface area contributed by atoms with Crippen molar-refractivity contribution in [3.63, 3.8) is 0 Å². The number of carbonyl (C=O) groups excluding carboxylic acids is 1. The second-order valence-electron chi connectivity index (χ2n) is 6.19. The number of benzene rings is 2. The summed E-state index contributed by atoms with van der Waals surface area (Å²) >= 11 is 0. The largest absolute Gasteiger partial charge is 0.462 e. The number of nitrogens with zero attached hydrogens (tertiary/aromatic N) is 1. The van der Waals surface area contributed by atoms with E-state index in [0.29, 0.717) is 28.0 Å². The van der Waals surface area contributed by atoms with Crippen molar-refractivity contribution in [2.45, 2.75) is 13.8 Å². The van der Waals surface area contributed by atoms with Crippen molar-refractivity contribution in [3.8, 4) is 0 Å². The van der Waals surface area contributed by atoms with Crippen molar-refractivity contribution in [2.75, 3.05) is 0 Å². The van der Waals surface area contributed by atoms with E-state index in [0.717, 1.165) is 11.3 Å². The first-order valence-electron chi connectivity index (χ1n) is 8.35. The lowest BCUT2D eigenvalue weighted by atomic mass is 10.0. The molecule has 2 aromatic carbocycles. The Labute approximate surface area is 150 Å². The summed E-state index contributed by atoms with van der Waals surface area (Å²) in [6.45, 7) is 3.84. The van der Waals surface area contributed by atoms with Gasteiger partial charge in [0.05, 0.1) is 5.57 Å². The number of oxazole rings is 1. The fourth-order valence-corrected chi connectivity index (χ4v) is 2.75. The van der Waals surface area contributed by atoms with Crippen LogP contribution in [0.15, 0.2) is 69.5 Å². The first kappa shape index (κ1) is 16.1. The van der Waals surface area contributed by atoms with Gasteiger partial charge in [0.15, 0.2) is 11.4 Å². The molecule has 0 aliphatic heterocycles. The van der Waals surface area contributed by atoms with Crippen LogP contribution in [0.25, 0.3) is 22.7 Å². The Bertz CT molecular complexity index is 1080. The fraction of sp³-hybridized carbons (Fsp3) is 0.0909. The lowest BCUT2D eigenvalue weighted by Crippen LogP contribution is -2.03. The maximum absolute atomic E-state index is 13.1. The monoisotopic (exact) mass is 343 g/mol. The number of rotatable bonds is 4. The first-order valence-corrected chi connectivity index (χ1v) is 8.35. The number of Topliss-reactive ketones (excluding diaryl/α,β-unsaturated/α-hetero) is 1. The van der Waals surface area contributed by atoms with Crippen molar-refractivity contribution in [2.24, 2.45) is 0 Å². The zero-order valence-corrected chi connectivity index (χ0v) is 14.5. The van der Waals surface area contributed by atoms with Crippen LogP contribution in [0.2, 0.25) is 0 Å². The molecule has 0 bridgehead atoms. The van der Waals surface area contributed by atoms with Gasteiger partial charge in [-0.05, 0) is 44.2 Å². The topological polar surface area (TPSA) is 56.2 Å². The quantitative estimate of drug-likeness (QED) is 0.365. The van der Waals surface area contributed by atoms with Gasteiger partial charge in [0.25, 0.3) is 0 Å². The van der Waals surface area contributed by atoms with Crippen LogP contribution >= 0.6 is 0 Å². The van der Waals surface area contributed by atoms with Gasteiger partial charge in [-0.2, -0.15) is 0 Å². The van der Waals surface area contributed by atoms with Crippen LogP contribution in [-0.4, -0.2) is 10.8 Å². The molecule has 0 amide bonds.